The number of hydrogen-bond acceptors (Lipinski definition) is 3. The van der Waals surface area contributed by atoms with Gasteiger partial charge in [0.25, 0.3) is 5.91 Å². The molecule has 1 aromatic rings. The Kier molecular flexibility index (Phi) is 3.15. The number of aliphatic hydroxyl groups excluding tert-OH is 1. The lowest BCUT2D eigenvalue weighted by atomic mass is 9.77. The van der Waals surface area contributed by atoms with Gasteiger partial charge in [-0.25, -0.2) is 0 Å². The zero-order chi connectivity index (χ0) is 12.5. The number of nitrogens with zero attached hydrogens (tertiary/aromatic N) is 1. The molecular weight excluding hydrogens is 216 g/mol. The summed E-state index contributed by atoms with van der Waals surface area (Å²) in [6.07, 6.45) is 2.77. The third kappa shape index (κ3) is 2.31. The van der Waals surface area contributed by atoms with Crippen LogP contribution in [0, 0.1) is 13.8 Å². The van der Waals surface area contributed by atoms with Gasteiger partial charge in [0.2, 0.25) is 0 Å². The Balaban J connectivity index is 2.14. The first-order valence-electron chi connectivity index (χ1n) is 5.94. The molecule has 1 aliphatic carbocycles. The number of amides is 1. The number of aromatic nitrogens is 1. The Morgan fingerprint density at radius 3 is 2.65 bits per heavy atom. The smallest absolute Gasteiger partial charge is 0.253 e. The molecule has 0 unspecified atom stereocenters. The van der Waals surface area contributed by atoms with Gasteiger partial charge in [0, 0.05) is 5.69 Å². The lowest BCUT2D eigenvalue weighted by molar-refractivity contribution is 0.0641. The molecule has 17 heavy (non-hydrogen) atoms. The third-order valence-corrected chi connectivity index (χ3v) is 3.46. The van der Waals surface area contributed by atoms with E-state index < -0.39 is 5.54 Å². The van der Waals surface area contributed by atoms with Gasteiger partial charge in [-0.2, -0.15) is 0 Å². The molecule has 1 amide bonds. The number of aliphatic hydroxyl groups is 1. The van der Waals surface area contributed by atoms with Crippen molar-refractivity contribution in [3.05, 3.63) is 29.1 Å². The van der Waals surface area contributed by atoms with Crippen molar-refractivity contribution in [3.8, 4) is 0 Å². The molecule has 2 N–H and O–H groups in total. The Labute approximate surface area is 101 Å². The number of hydrogen-bond donors (Lipinski definition) is 2. The highest BCUT2D eigenvalue weighted by Crippen LogP contribution is 2.31. The lowest BCUT2D eigenvalue weighted by Crippen LogP contribution is -2.56. The Morgan fingerprint density at radius 1 is 1.47 bits per heavy atom. The number of carbonyl (C=O) groups is 1. The van der Waals surface area contributed by atoms with Crippen LogP contribution in [0.4, 0.5) is 0 Å². The molecular formula is C13H18N2O2. The molecule has 0 saturated heterocycles. The van der Waals surface area contributed by atoms with Gasteiger partial charge in [-0.15, -0.1) is 0 Å². The van der Waals surface area contributed by atoms with Crippen LogP contribution >= 0.6 is 0 Å². The molecule has 0 aromatic carbocycles. The lowest BCUT2D eigenvalue weighted by Gasteiger charge is -2.41. The highest BCUT2D eigenvalue weighted by Gasteiger charge is 2.38. The molecule has 0 bridgehead atoms. The van der Waals surface area contributed by atoms with Crippen LogP contribution in [0.3, 0.4) is 0 Å². The number of aryl methyl sites for hydroxylation is 2. The minimum Gasteiger partial charge on any atom is -0.394 e. The van der Waals surface area contributed by atoms with Crippen molar-refractivity contribution >= 4 is 5.91 Å². The molecule has 0 radical (unpaired) electrons. The van der Waals surface area contributed by atoms with Crippen LogP contribution in [0.2, 0.25) is 0 Å². The molecule has 1 heterocycles. The van der Waals surface area contributed by atoms with Crippen LogP contribution in [-0.2, 0) is 0 Å². The quantitative estimate of drug-likeness (QED) is 0.829. The van der Waals surface area contributed by atoms with E-state index in [-0.39, 0.29) is 12.5 Å². The Hall–Kier alpha value is -1.42. The van der Waals surface area contributed by atoms with E-state index in [1.807, 2.05) is 19.9 Å². The van der Waals surface area contributed by atoms with E-state index in [4.69, 9.17) is 0 Å². The molecule has 1 aromatic heterocycles. The van der Waals surface area contributed by atoms with E-state index in [0.717, 1.165) is 30.7 Å². The third-order valence-electron chi connectivity index (χ3n) is 3.46. The second-order valence-corrected chi connectivity index (χ2v) is 4.83. The van der Waals surface area contributed by atoms with Gasteiger partial charge < -0.3 is 10.4 Å². The van der Waals surface area contributed by atoms with Gasteiger partial charge in [-0.3, -0.25) is 9.78 Å². The highest BCUT2D eigenvalue weighted by atomic mass is 16.3. The van der Waals surface area contributed by atoms with Gasteiger partial charge in [0.05, 0.1) is 23.4 Å². The van der Waals surface area contributed by atoms with Crippen molar-refractivity contribution in [1.82, 2.24) is 10.3 Å². The fraction of sp³-hybridized carbons (Fsp3) is 0.538. The average molecular weight is 234 g/mol. The summed E-state index contributed by atoms with van der Waals surface area (Å²) in [6.45, 7) is 3.74. The topological polar surface area (TPSA) is 62.2 Å². The standard InChI is InChI=1S/C13H18N2O2/c1-9-4-5-11(10(2)14-9)12(17)15-13(8-16)6-3-7-13/h4-5,16H,3,6-8H2,1-2H3,(H,15,17). The summed E-state index contributed by atoms with van der Waals surface area (Å²) in [4.78, 5) is 16.4. The van der Waals surface area contributed by atoms with Crippen molar-refractivity contribution in [1.29, 1.82) is 0 Å². The van der Waals surface area contributed by atoms with Gasteiger partial charge >= 0.3 is 0 Å². The van der Waals surface area contributed by atoms with Gasteiger partial charge in [-0.1, -0.05) is 0 Å². The van der Waals surface area contributed by atoms with Crippen LogP contribution < -0.4 is 5.32 Å². The minimum atomic E-state index is -0.394. The van der Waals surface area contributed by atoms with Gasteiger partial charge in [0.15, 0.2) is 0 Å². The second-order valence-electron chi connectivity index (χ2n) is 4.83. The summed E-state index contributed by atoms with van der Waals surface area (Å²) < 4.78 is 0. The fourth-order valence-corrected chi connectivity index (χ4v) is 2.16. The molecule has 2 rings (SSSR count). The van der Waals surface area contributed by atoms with Gasteiger partial charge in [0.1, 0.15) is 0 Å². The summed E-state index contributed by atoms with van der Waals surface area (Å²) in [5.41, 5.74) is 1.83. The van der Waals surface area contributed by atoms with Crippen molar-refractivity contribution in [2.24, 2.45) is 0 Å². The number of rotatable bonds is 3. The maximum absolute atomic E-state index is 12.1. The molecule has 0 aliphatic heterocycles. The number of carbonyl (C=O) groups excluding carboxylic acids is 1. The zero-order valence-electron chi connectivity index (χ0n) is 10.3. The summed E-state index contributed by atoms with van der Waals surface area (Å²) in [6, 6.07) is 3.62. The first-order chi connectivity index (χ1) is 8.06. The summed E-state index contributed by atoms with van der Waals surface area (Å²) in [5.74, 6) is -0.135. The first-order valence-corrected chi connectivity index (χ1v) is 5.94. The van der Waals surface area contributed by atoms with Crippen LogP contribution in [0.15, 0.2) is 12.1 Å². The largest absolute Gasteiger partial charge is 0.394 e. The van der Waals surface area contributed by atoms with E-state index in [1.54, 1.807) is 6.07 Å². The van der Waals surface area contributed by atoms with Crippen LogP contribution in [-0.4, -0.2) is 28.1 Å². The SMILES string of the molecule is Cc1ccc(C(=O)NC2(CO)CCC2)c(C)n1. The van der Waals surface area contributed by atoms with Crippen molar-refractivity contribution < 1.29 is 9.90 Å². The monoisotopic (exact) mass is 234 g/mol. The van der Waals surface area contributed by atoms with Crippen molar-refractivity contribution in [2.45, 2.75) is 38.6 Å². The normalized spacial score (nSPS) is 17.4. The zero-order valence-corrected chi connectivity index (χ0v) is 10.3. The molecule has 0 spiro atoms. The molecule has 0 atom stereocenters. The van der Waals surface area contributed by atoms with E-state index in [9.17, 15) is 9.90 Å². The van der Waals surface area contributed by atoms with Crippen molar-refractivity contribution in [3.63, 3.8) is 0 Å². The molecule has 1 aliphatic rings. The predicted molar refractivity (Wildman–Crippen MR) is 64.8 cm³/mol. The molecule has 4 heteroatoms. The highest BCUT2D eigenvalue weighted by molar-refractivity contribution is 5.95. The maximum Gasteiger partial charge on any atom is 0.253 e. The predicted octanol–water partition coefficient (Wildman–Crippen LogP) is 1.34. The molecule has 1 saturated carbocycles. The molecule has 1 fully saturated rings. The van der Waals surface area contributed by atoms with Crippen LogP contribution in [0.5, 0.6) is 0 Å². The molecule has 92 valence electrons. The maximum atomic E-state index is 12.1. The van der Waals surface area contributed by atoms with Gasteiger partial charge in [-0.05, 0) is 45.2 Å². The molecule has 4 nitrogen and oxygen atoms in total. The van der Waals surface area contributed by atoms with Crippen molar-refractivity contribution in [2.75, 3.05) is 6.61 Å². The van der Waals surface area contributed by atoms with Crippen LogP contribution in [0.1, 0.15) is 41.0 Å². The second kappa shape index (κ2) is 4.45. The fourth-order valence-electron chi connectivity index (χ4n) is 2.16. The Morgan fingerprint density at radius 2 is 2.18 bits per heavy atom. The summed E-state index contributed by atoms with van der Waals surface area (Å²) in [7, 11) is 0. The van der Waals surface area contributed by atoms with E-state index in [2.05, 4.69) is 10.3 Å². The van der Waals surface area contributed by atoms with E-state index in [1.165, 1.54) is 0 Å². The number of pyridine rings is 1. The summed E-state index contributed by atoms with van der Waals surface area (Å²) >= 11 is 0. The number of nitrogens with one attached hydrogen (secondary N) is 1. The average Bonchev–Trinajstić information content (AvgIpc) is 2.23. The summed E-state index contributed by atoms with van der Waals surface area (Å²) in [5, 5.41) is 12.2. The van der Waals surface area contributed by atoms with E-state index in [0.29, 0.717) is 5.56 Å². The van der Waals surface area contributed by atoms with Crippen LogP contribution in [0.25, 0.3) is 0 Å². The van der Waals surface area contributed by atoms with E-state index >= 15 is 0 Å². The minimum absolute atomic E-state index is 0.0110. The first kappa shape index (κ1) is 12.0. The Bertz CT molecular complexity index is 434.